The third-order valence-corrected chi connectivity index (χ3v) is 3.10. The Bertz CT molecular complexity index is 397. The summed E-state index contributed by atoms with van der Waals surface area (Å²) < 4.78 is 5.58. The summed E-state index contributed by atoms with van der Waals surface area (Å²) in [6, 6.07) is 3.91. The van der Waals surface area contributed by atoms with Crippen molar-refractivity contribution in [2.24, 2.45) is 5.73 Å². The van der Waals surface area contributed by atoms with E-state index in [1.807, 2.05) is 31.4 Å². The molecule has 0 spiro atoms. The second-order valence-electron chi connectivity index (χ2n) is 3.42. The molecule has 0 saturated heterocycles. The van der Waals surface area contributed by atoms with Crippen molar-refractivity contribution in [2.45, 2.75) is 19.9 Å². The van der Waals surface area contributed by atoms with Crippen LogP contribution < -0.4 is 5.73 Å². The van der Waals surface area contributed by atoms with Crippen molar-refractivity contribution in [2.75, 3.05) is 0 Å². The van der Waals surface area contributed by atoms with E-state index in [9.17, 15) is 0 Å². The zero-order valence-corrected chi connectivity index (χ0v) is 9.10. The lowest BCUT2D eigenvalue weighted by atomic mass is 10.1. The maximum absolute atomic E-state index is 6.06. The van der Waals surface area contributed by atoms with Gasteiger partial charge in [-0.2, -0.15) is 11.3 Å². The fourth-order valence-electron chi connectivity index (χ4n) is 1.37. The first-order valence-corrected chi connectivity index (χ1v) is 5.47. The molecule has 0 radical (unpaired) electrons. The van der Waals surface area contributed by atoms with E-state index >= 15 is 0 Å². The topological polar surface area (TPSA) is 39.2 Å². The van der Waals surface area contributed by atoms with Crippen molar-refractivity contribution < 1.29 is 4.42 Å². The minimum absolute atomic E-state index is 0.131. The number of furan rings is 1. The molecule has 2 nitrogen and oxygen atoms in total. The normalized spacial score (nSPS) is 13.1. The van der Waals surface area contributed by atoms with E-state index < -0.39 is 0 Å². The molecule has 74 valence electrons. The number of hydrogen-bond donors (Lipinski definition) is 1. The third kappa shape index (κ3) is 1.61. The first kappa shape index (κ1) is 9.49. The van der Waals surface area contributed by atoms with Gasteiger partial charge in [0.05, 0.1) is 6.04 Å². The zero-order chi connectivity index (χ0) is 10.1. The van der Waals surface area contributed by atoms with E-state index in [-0.39, 0.29) is 6.04 Å². The van der Waals surface area contributed by atoms with Crippen molar-refractivity contribution in [3.8, 4) is 0 Å². The molecule has 0 aromatic carbocycles. The van der Waals surface area contributed by atoms with Crippen LogP contribution in [0, 0.1) is 13.8 Å². The van der Waals surface area contributed by atoms with E-state index in [1.165, 1.54) is 0 Å². The SMILES string of the molecule is Cc1cc([C@@H](N)c2ccsc2)oc1C. The van der Waals surface area contributed by atoms with Crippen molar-refractivity contribution in [1.82, 2.24) is 0 Å². The second-order valence-corrected chi connectivity index (χ2v) is 4.20. The fraction of sp³-hybridized carbons (Fsp3) is 0.273. The molecule has 2 aromatic rings. The molecular formula is C11H13NOS. The molecule has 2 heterocycles. The van der Waals surface area contributed by atoms with E-state index in [0.29, 0.717) is 0 Å². The number of nitrogens with two attached hydrogens (primary N) is 1. The molecule has 0 aliphatic rings. The standard InChI is InChI=1S/C11H13NOS/c1-7-5-10(13-8(7)2)11(12)9-3-4-14-6-9/h3-6,11H,12H2,1-2H3/t11-/m0/s1. The number of hydrogen-bond acceptors (Lipinski definition) is 3. The molecular weight excluding hydrogens is 194 g/mol. The maximum atomic E-state index is 6.06. The van der Waals surface area contributed by atoms with Gasteiger partial charge in [0, 0.05) is 0 Å². The molecule has 0 bridgehead atoms. The summed E-state index contributed by atoms with van der Waals surface area (Å²) in [7, 11) is 0. The Labute approximate surface area is 87.4 Å². The van der Waals surface area contributed by atoms with E-state index in [4.69, 9.17) is 10.2 Å². The van der Waals surface area contributed by atoms with Crippen LogP contribution in [0.25, 0.3) is 0 Å². The highest BCUT2D eigenvalue weighted by Gasteiger charge is 2.14. The third-order valence-electron chi connectivity index (χ3n) is 2.39. The average Bonchev–Trinajstić information content (AvgIpc) is 2.76. The summed E-state index contributed by atoms with van der Waals surface area (Å²) in [6.07, 6.45) is 0. The van der Waals surface area contributed by atoms with Gasteiger partial charge in [0.2, 0.25) is 0 Å². The Morgan fingerprint density at radius 2 is 2.21 bits per heavy atom. The lowest BCUT2D eigenvalue weighted by Gasteiger charge is -2.05. The number of rotatable bonds is 2. The molecule has 1 atom stereocenters. The predicted octanol–water partition coefficient (Wildman–Crippen LogP) is 3.01. The van der Waals surface area contributed by atoms with Gasteiger partial charge in [0.1, 0.15) is 11.5 Å². The van der Waals surface area contributed by atoms with Crippen LogP contribution in [0.1, 0.15) is 28.7 Å². The highest BCUT2D eigenvalue weighted by atomic mass is 32.1. The summed E-state index contributed by atoms with van der Waals surface area (Å²) >= 11 is 1.65. The van der Waals surface area contributed by atoms with Crippen LogP contribution in [-0.2, 0) is 0 Å². The second kappa shape index (κ2) is 3.59. The van der Waals surface area contributed by atoms with Crippen LogP contribution in [0.4, 0.5) is 0 Å². The van der Waals surface area contributed by atoms with Gasteiger partial charge in [-0.25, -0.2) is 0 Å². The summed E-state index contributed by atoms with van der Waals surface area (Å²) in [6.45, 7) is 3.99. The van der Waals surface area contributed by atoms with E-state index in [0.717, 1.165) is 22.6 Å². The molecule has 14 heavy (non-hydrogen) atoms. The number of thiophene rings is 1. The first-order chi connectivity index (χ1) is 6.68. The quantitative estimate of drug-likeness (QED) is 0.822. The lowest BCUT2D eigenvalue weighted by Crippen LogP contribution is -2.09. The zero-order valence-electron chi connectivity index (χ0n) is 8.28. The molecule has 0 unspecified atom stereocenters. The van der Waals surface area contributed by atoms with Gasteiger partial charge in [0.15, 0.2) is 0 Å². The van der Waals surface area contributed by atoms with Crippen LogP contribution >= 0.6 is 11.3 Å². The van der Waals surface area contributed by atoms with Gasteiger partial charge in [0.25, 0.3) is 0 Å². The van der Waals surface area contributed by atoms with Crippen molar-refractivity contribution in [1.29, 1.82) is 0 Å². The van der Waals surface area contributed by atoms with E-state index in [2.05, 4.69) is 5.38 Å². The minimum atomic E-state index is -0.131. The van der Waals surface area contributed by atoms with Crippen LogP contribution in [0.3, 0.4) is 0 Å². The highest BCUT2D eigenvalue weighted by molar-refractivity contribution is 7.07. The monoisotopic (exact) mass is 207 g/mol. The molecule has 0 aliphatic carbocycles. The highest BCUT2D eigenvalue weighted by Crippen LogP contribution is 2.25. The van der Waals surface area contributed by atoms with Crippen LogP contribution in [0.2, 0.25) is 0 Å². The maximum Gasteiger partial charge on any atom is 0.125 e. The summed E-state index contributed by atoms with van der Waals surface area (Å²) in [4.78, 5) is 0. The lowest BCUT2D eigenvalue weighted by molar-refractivity contribution is 0.465. The predicted molar refractivity (Wildman–Crippen MR) is 58.5 cm³/mol. The Kier molecular flexibility index (Phi) is 2.44. The van der Waals surface area contributed by atoms with Gasteiger partial charge >= 0.3 is 0 Å². The van der Waals surface area contributed by atoms with Gasteiger partial charge in [-0.3, -0.25) is 0 Å². The first-order valence-electron chi connectivity index (χ1n) is 4.53. The summed E-state index contributed by atoms with van der Waals surface area (Å²) in [5.41, 5.74) is 8.33. The Morgan fingerprint density at radius 3 is 2.71 bits per heavy atom. The minimum Gasteiger partial charge on any atom is -0.464 e. The molecule has 2 rings (SSSR count). The van der Waals surface area contributed by atoms with E-state index in [1.54, 1.807) is 11.3 Å². The fourth-order valence-corrected chi connectivity index (χ4v) is 2.07. The number of aryl methyl sites for hydroxylation is 2. The summed E-state index contributed by atoms with van der Waals surface area (Å²) in [5.74, 6) is 1.80. The van der Waals surface area contributed by atoms with Gasteiger partial charge in [-0.1, -0.05) is 0 Å². The smallest absolute Gasteiger partial charge is 0.125 e. The molecule has 2 aromatic heterocycles. The van der Waals surface area contributed by atoms with Crippen LogP contribution in [-0.4, -0.2) is 0 Å². The van der Waals surface area contributed by atoms with Gasteiger partial charge < -0.3 is 10.2 Å². The van der Waals surface area contributed by atoms with Gasteiger partial charge in [-0.15, -0.1) is 0 Å². The largest absolute Gasteiger partial charge is 0.464 e. The van der Waals surface area contributed by atoms with Crippen molar-refractivity contribution in [3.63, 3.8) is 0 Å². The summed E-state index contributed by atoms with van der Waals surface area (Å²) in [5, 5.41) is 4.08. The average molecular weight is 207 g/mol. The van der Waals surface area contributed by atoms with Crippen molar-refractivity contribution in [3.05, 3.63) is 45.5 Å². The Morgan fingerprint density at radius 1 is 1.43 bits per heavy atom. The molecule has 0 saturated carbocycles. The van der Waals surface area contributed by atoms with Crippen molar-refractivity contribution >= 4 is 11.3 Å². The Balaban J connectivity index is 2.32. The molecule has 2 N–H and O–H groups in total. The molecule has 0 aliphatic heterocycles. The Hall–Kier alpha value is -1.06. The molecule has 3 heteroatoms. The van der Waals surface area contributed by atoms with Crippen LogP contribution in [0.15, 0.2) is 27.3 Å². The van der Waals surface area contributed by atoms with Gasteiger partial charge in [-0.05, 0) is 47.9 Å². The molecule has 0 fully saturated rings. The molecule has 0 amide bonds. The van der Waals surface area contributed by atoms with Crippen LogP contribution in [0.5, 0.6) is 0 Å².